The topological polar surface area (TPSA) is 80.7 Å². The second-order valence-corrected chi connectivity index (χ2v) is 3.91. The summed E-state index contributed by atoms with van der Waals surface area (Å²) in [4.78, 5) is 10.2. The zero-order chi connectivity index (χ0) is 9.61. The fourth-order valence-corrected chi connectivity index (χ4v) is 1.17. The minimum absolute atomic E-state index is 0. The van der Waals surface area contributed by atoms with Crippen LogP contribution >= 0.6 is 0 Å². The fraction of sp³-hybridized carbons (Fsp3) is 0.833. The minimum Gasteiger partial charge on any atom is -0.466 e. The number of carbonyl (C=O) groups is 1. The fourth-order valence-electron chi connectivity index (χ4n) is 0.602. The molecule has 1 N–H and O–H groups in total. The van der Waals surface area contributed by atoms with E-state index in [4.69, 9.17) is 4.55 Å². The van der Waals surface area contributed by atoms with Gasteiger partial charge in [0.2, 0.25) is 0 Å². The number of esters is 1. The summed E-state index contributed by atoms with van der Waals surface area (Å²) in [5.74, 6) is -0.671. The van der Waals surface area contributed by atoms with Gasteiger partial charge in [0.05, 0.1) is 12.4 Å². The van der Waals surface area contributed by atoms with Crippen molar-refractivity contribution in [2.75, 3.05) is 12.4 Å². The van der Waals surface area contributed by atoms with Gasteiger partial charge in [-0.15, -0.1) is 0 Å². The van der Waals surface area contributed by atoms with Gasteiger partial charge >= 0.3 is 5.97 Å². The van der Waals surface area contributed by atoms with Crippen LogP contribution in [0.2, 0.25) is 0 Å². The molecule has 0 rings (SSSR count). The van der Waals surface area contributed by atoms with Crippen LogP contribution in [-0.2, 0) is 19.6 Å². The van der Waals surface area contributed by atoms with Gasteiger partial charge in [0, 0.05) is 30.0 Å². The summed E-state index contributed by atoms with van der Waals surface area (Å²) in [6, 6.07) is 0. The molecule has 0 aromatic heterocycles. The summed E-state index contributed by atoms with van der Waals surface area (Å²) < 4.78 is 33.2. The number of carbonyl (C=O) groups excluding carboxylic acids is 1. The van der Waals surface area contributed by atoms with Crippen molar-refractivity contribution in [1.29, 1.82) is 0 Å². The maximum Gasteiger partial charge on any atom is 0.302 e. The number of hydrogen-bond acceptors (Lipinski definition) is 4. The first-order valence-electron chi connectivity index (χ1n) is 3.50. The first-order chi connectivity index (χ1) is 5.42. The highest BCUT2D eigenvalue weighted by Gasteiger charge is 2.03. The quantitative estimate of drug-likeness (QED) is 0.301. The molecule has 2 radical (unpaired) electrons. The molecule has 0 spiro atoms. The van der Waals surface area contributed by atoms with Gasteiger partial charge < -0.3 is 4.74 Å². The predicted molar refractivity (Wildman–Crippen MR) is 48.0 cm³/mol. The van der Waals surface area contributed by atoms with E-state index in [2.05, 4.69) is 4.74 Å². The Kier molecular flexibility index (Phi) is 9.06. The van der Waals surface area contributed by atoms with E-state index in [0.29, 0.717) is 12.8 Å². The molecule has 5 nitrogen and oxygen atoms in total. The second-order valence-electron chi connectivity index (χ2n) is 2.33. The van der Waals surface area contributed by atoms with Gasteiger partial charge in [0.25, 0.3) is 10.1 Å². The van der Waals surface area contributed by atoms with Crippen molar-refractivity contribution in [2.24, 2.45) is 0 Å². The van der Waals surface area contributed by atoms with Crippen molar-refractivity contribution in [3.05, 3.63) is 0 Å². The summed E-state index contributed by atoms with van der Waals surface area (Å²) in [7, 11) is -3.87. The van der Waals surface area contributed by atoms with Crippen LogP contribution in [0.4, 0.5) is 0 Å². The SMILES string of the molecule is CC(=O)OCCCCS(=O)(=O)O.[Mg]. The third kappa shape index (κ3) is 14.9. The maximum atomic E-state index is 10.2. The van der Waals surface area contributed by atoms with Gasteiger partial charge in [-0.3, -0.25) is 9.35 Å². The molecule has 0 aliphatic rings. The summed E-state index contributed by atoms with van der Waals surface area (Å²) in [6.45, 7) is 1.48. The minimum atomic E-state index is -3.87. The van der Waals surface area contributed by atoms with Gasteiger partial charge in [0.15, 0.2) is 0 Å². The molecule has 0 heterocycles. The normalized spacial score (nSPS) is 10.3. The van der Waals surface area contributed by atoms with Gasteiger partial charge in [-0.2, -0.15) is 8.42 Å². The van der Waals surface area contributed by atoms with Crippen LogP contribution in [0.3, 0.4) is 0 Å². The largest absolute Gasteiger partial charge is 0.466 e. The van der Waals surface area contributed by atoms with Crippen LogP contribution in [0, 0.1) is 0 Å². The Bertz CT molecular complexity index is 235. The lowest BCUT2D eigenvalue weighted by atomic mass is 10.4. The average Bonchev–Trinajstić information content (AvgIpc) is 1.83. The smallest absolute Gasteiger partial charge is 0.302 e. The number of ether oxygens (including phenoxy) is 1. The highest BCUT2D eigenvalue weighted by Crippen LogP contribution is 1.94. The van der Waals surface area contributed by atoms with Crippen LogP contribution in [0.5, 0.6) is 0 Å². The van der Waals surface area contributed by atoms with E-state index in [1.807, 2.05) is 0 Å². The molecule has 13 heavy (non-hydrogen) atoms. The molecule has 0 aromatic carbocycles. The Hall–Kier alpha value is 0.146. The Morgan fingerprint density at radius 3 is 2.31 bits per heavy atom. The molecule has 74 valence electrons. The monoisotopic (exact) mass is 220 g/mol. The maximum absolute atomic E-state index is 10.2. The average molecular weight is 221 g/mol. The van der Waals surface area contributed by atoms with Gasteiger partial charge in [-0.25, -0.2) is 0 Å². The van der Waals surface area contributed by atoms with Gasteiger partial charge in [-0.05, 0) is 12.8 Å². The lowest BCUT2D eigenvalue weighted by molar-refractivity contribution is -0.141. The van der Waals surface area contributed by atoms with Crippen molar-refractivity contribution in [3.63, 3.8) is 0 Å². The molecule has 0 aliphatic carbocycles. The van der Waals surface area contributed by atoms with Crippen molar-refractivity contribution in [1.82, 2.24) is 0 Å². The Balaban J connectivity index is 0. The zero-order valence-electron chi connectivity index (χ0n) is 7.52. The van der Waals surface area contributed by atoms with Crippen molar-refractivity contribution >= 4 is 39.1 Å². The Morgan fingerprint density at radius 2 is 1.92 bits per heavy atom. The molecule has 0 atom stereocenters. The Labute approximate surface area is 93.7 Å². The summed E-state index contributed by atoms with van der Waals surface area (Å²) >= 11 is 0. The Morgan fingerprint density at radius 1 is 1.38 bits per heavy atom. The standard InChI is InChI=1S/C6H12O5S.Mg/c1-6(7)11-4-2-3-5-12(8,9)10;/h2-5H2,1H3,(H,8,9,10);. The van der Waals surface area contributed by atoms with Crippen LogP contribution in [0.25, 0.3) is 0 Å². The third-order valence-corrected chi connectivity index (χ3v) is 1.91. The van der Waals surface area contributed by atoms with Crippen molar-refractivity contribution < 1.29 is 22.5 Å². The summed E-state index contributed by atoms with van der Waals surface area (Å²) in [5.41, 5.74) is 0. The molecule has 0 bridgehead atoms. The van der Waals surface area contributed by atoms with E-state index < -0.39 is 10.1 Å². The molecule has 0 aliphatic heterocycles. The number of rotatable bonds is 5. The summed E-state index contributed by atoms with van der Waals surface area (Å²) in [5, 5.41) is 0. The number of unbranched alkanes of at least 4 members (excludes halogenated alkanes) is 1. The number of hydrogen-bond donors (Lipinski definition) is 1. The van der Waals surface area contributed by atoms with E-state index in [1.54, 1.807) is 0 Å². The van der Waals surface area contributed by atoms with Crippen LogP contribution in [0.1, 0.15) is 19.8 Å². The predicted octanol–water partition coefficient (Wildman–Crippen LogP) is -0.163. The molecular weight excluding hydrogens is 208 g/mol. The van der Waals surface area contributed by atoms with E-state index in [-0.39, 0.29) is 41.4 Å². The lowest BCUT2D eigenvalue weighted by Crippen LogP contribution is -2.06. The zero-order valence-corrected chi connectivity index (χ0v) is 9.75. The van der Waals surface area contributed by atoms with Crippen molar-refractivity contribution in [2.45, 2.75) is 19.8 Å². The van der Waals surface area contributed by atoms with Crippen LogP contribution in [-0.4, -0.2) is 54.4 Å². The highest BCUT2D eigenvalue weighted by molar-refractivity contribution is 7.85. The molecule has 0 aromatic rings. The summed E-state index contributed by atoms with van der Waals surface area (Å²) in [6.07, 6.45) is 0.742. The van der Waals surface area contributed by atoms with Crippen molar-refractivity contribution in [3.8, 4) is 0 Å². The van der Waals surface area contributed by atoms with E-state index in [0.717, 1.165) is 0 Å². The first kappa shape index (κ1) is 15.6. The van der Waals surface area contributed by atoms with E-state index in [9.17, 15) is 13.2 Å². The van der Waals surface area contributed by atoms with Gasteiger partial charge in [-0.1, -0.05) is 0 Å². The van der Waals surface area contributed by atoms with E-state index in [1.165, 1.54) is 6.92 Å². The molecule has 0 unspecified atom stereocenters. The first-order valence-corrected chi connectivity index (χ1v) is 5.11. The second kappa shape index (κ2) is 7.54. The van der Waals surface area contributed by atoms with E-state index >= 15 is 0 Å². The highest BCUT2D eigenvalue weighted by atomic mass is 32.2. The molecule has 7 heteroatoms. The molecule has 0 saturated carbocycles. The van der Waals surface area contributed by atoms with Crippen LogP contribution in [0.15, 0.2) is 0 Å². The van der Waals surface area contributed by atoms with Gasteiger partial charge in [0.1, 0.15) is 0 Å². The molecule has 0 amide bonds. The van der Waals surface area contributed by atoms with Crippen LogP contribution < -0.4 is 0 Å². The molecular formula is C6H12MgO5S. The molecule has 0 saturated heterocycles. The lowest BCUT2D eigenvalue weighted by Gasteiger charge is -1.99. The molecule has 0 fully saturated rings. The third-order valence-electron chi connectivity index (χ3n) is 1.10.